The lowest BCUT2D eigenvalue weighted by Crippen LogP contribution is -2.24. The highest BCUT2D eigenvalue weighted by molar-refractivity contribution is 5.93. The van der Waals surface area contributed by atoms with Crippen LogP contribution in [0.2, 0.25) is 0 Å². The minimum absolute atomic E-state index is 0.0313. The number of hydrogen-bond acceptors (Lipinski definition) is 7. The van der Waals surface area contributed by atoms with Gasteiger partial charge in [0.2, 0.25) is 17.3 Å². The number of carbonyl (C=O) groups is 1. The van der Waals surface area contributed by atoms with Gasteiger partial charge >= 0.3 is 0 Å². The maximum atomic E-state index is 12.2. The van der Waals surface area contributed by atoms with Gasteiger partial charge in [0.15, 0.2) is 0 Å². The summed E-state index contributed by atoms with van der Waals surface area (Å²) in [5, 5.41) is 6.45. The molecule has 0 fully saturated rings. The van der Waals surface area contributed by atoms with Crippen molar-refractivity contribution in [2.45, 2.75) is 6.54 Å². The maximum Gasteiger partial charge on any atom is 0.271 e. The van der Waals surface area contributed by atoms with Crippen LogP contribution in [0.4, 0.5) is 0 Å². The molecule has 0 saturated heterocycles. The highest BCUT2D eigenvalue weighted by Crippen LogP contribution is 2.13. The Hall–Kier alpha value is -3.88. The Morgan fingerprint density at radius 2 is 2.00 bits per heavy atom. The second-order valence-corrected chi connectivity index (χ2v) is 5.38. The second kappa shape index (κ2) is 6.55. The number of hydrogen-bond donors (Lipinski definition) is 2. The Morgan fingerprint density at radius 3 is 2.85 bits per heavy atom. The average Bonchev–Trinajstić information content (AvgIpc) is 3.15. The lowest BCUT2D eigenvalue weighted by molar-refractivity contribution is 0.0941. The fourth-order valence-electron chi connectivity index (χ4n) is 2.34. The molecule has 0 bridgehead atoms. The van der Waals surface area contributed by atoms with Crippen LogP contribution in [0.1, 0.15) is 16.4 Å². The van der Waals surface area contributed by atoms with Gasteiger partial charge in [-0.3, -0.25) is 14.6 Å². The molecule has 2 N–H and O–H groups in total. The SMILES string of the molecule is O=C(NCc1nc(-c2cc[nH]c(=O)c2)no1)c1cnc2ccccc2n1. The van der Waals surface area contributed by atoms with E-state index in [0.29, 0.717) is 16.6 Å². The van der Waals surface area contributed by atoms with Crippen molar-refractivity contribution in [3.63, 3.8) is 0 Å². The van der Waals surface area contributed by atoms with E-state index in [1.54, 1.807) is 12.1 Å². The van der Waals surface area contributed by atoms with Crippen LogP contribution in [0.15, 0.2) is 58.1 Å². The largest absolute Gasteiger partial charge is 0.342 e. The summed E-state index contributed by atoms with van der Waals surface area (Å²) in [5.74, 6) is 0.0763. The van der Waals surface area contributed by atoms with Gasteiger partial charge in [-0.1, -0.05) is 17.3 Å². The topological polar surface area (TPSA) is 127 Å². The van der Waals surface area contributed by atoms with Crippen molar-refractivity contribution >= 4 is 16.9 Å². The van der Waals surface area contributed by atoms with Gasteiger partial charge in [0.1, 0.15) is 5.69 Å². The highest BCUT2D eigenvalue weighted by atomic mass is 16.5. The molecule has 128 valence electrons. The molecular weight excluding hydrogens is 336 g/mol. The second-order valence-electron chi connectivity index (χ2n) is 5.38. The molecule has 4 rings (SSSR count). The van der Waals surface area contributed by atoms with Gasteiger partial charge in [0.05, 0.1) is 23.8 Å². The molecule has 0 atom stereocenters. The maximum absolute atomic E-state index is 12.2. The zero-order valence-electron chi connectivity index (χ0n) is 13.3. The van der Waals surface area contributed by atoms with Crippen LogP contribution in [0.3, 0.4) is 0 Å². The van der Waals surface area contributed by atoms with Crippen molar-refractivity contribution in [2.24, 2.45) is 0 Å². The number of amides is 1. The lowest BCUT2D eigenvalue weighted by Gasteiger charge is -2.02. The zero-order chi connectivity index (χ0) is 17.9. The molecule has 0 unspecified atom stereocenters. The first-order chi connectivity index (χ1) is 12.7. The van der Waals surface area contributed by atoms with Gasteiger partial charge in [-0.2, -0.15) is 4.98 Å². The van der Waals surface area contributed by atoms with Gasteiger partial charge in [-0.05, 0) is 18.2 Å². The number of aromatic amines is 1. The van der Waals surface area contributed by atoms with E-state index >= 15 is 0 Å². The number of benzene rings is 1. The van der Waals surface area contributed by atoms with E-state index in [2.05, 4.69) is 30.4 Å². The number of para-hydroxylation sites is 2. The fourth-order valence-corrected chi connectivity index (χ4v) is 2.34. The van der Waals surface area contributed by atoms with Crippen molar-refractivity contribution in [3.05, 3.63) is 70.7 Å². The molecule has 0 aliphatic rings. The molecule has 0 radical (unpaired) electrons. The Morgan fingerprint density at radius 1 is 1.15 bits per heavy atom. The number of fused-ring (bicyclic) bond motifs is 1. The summed E-state index contributed by atoms with van der Waals surface area (Å²) in [6.45, 7) is 0.0313. The Bertz CT molecular complexity index is 1150. The molecule has 0 saturated carbocycles. The Labute approximate surface area is 146 Å². The lowest BCUT2D eigenvalue weighted by atomic mass is 10.2. The number of nitrogens with zero attached hydrogens (tertiary/aromatic N) is 4. The van der Waals surface area contributed by atoms with Crippen LogP contribution in [0.25, 0.3) is 22.4 Å². The van der Waals surface area contributed by atoms with Gasteiger partial charge in [0, 0.05) is 17.8 Å². The molecule has 1 aromatic carbocycles. The molecule has 0 spiro atoms. The van der Waals surface area contributed by atoms with E-state index in [0.717, 1.165) is 0 Å². The van der Waals surface area contributed by atoms with E-state index in [9.17, 15) is 9.59 Å². The van der Waals surface area contributed by atoms with Crippen LogP contribution in [0, 0.1) is 0 Å². The van der Waals surface area contributed by atoms with Crippen LogP contribution < -0.4 is 10.9 Å². The van der Waals surface area contributed by atoms with Crippen molar-refractivity contribution in [1.29, 1.82) is 0 Å². The third-order valence-corrected chi connectivity index (χ3v) is 3.58. The molecule has 1 amide bonds. The van der Waals surface area contributed by atoms with E-state index in [1.165, 1.54) is 18.5 Å². The smallest absolute Gasteiger partial charge is 0.271 e. The van der Waals surface area contributed by atoms with Gasteiger partial charge in [-0.25, -0.2) is 4.98 Å². The minimum Gasteiger partial charge on any atom is -0.342 e. The molecule has 0 aliphatic carbocycles. The fraction of sp³-hybridized carbons (Fsp3) is 0.0588. The third kappa shape index (κ3) is 3.18. The zero-order valence-corrected chi connectivity index (χ0v) is 13.3. The number of pyridine rings is 1. The van der Waals surface area contributed by atoms with Crippen molar-refractivity contribution < 1.29 is 9.32 Å². The first kappa shape index (κ1) is 15.6. The van der Waals surface area contributed by atoms with Crippen LogP contribution in [-0.2, 0) is 6.54 Å². The van der Waals surface area contributed by atoms with E-state index < -0.39 is 5.91 Å². The van der Waals surface area contributed by atoms with E-state index in [4.69, 9.17) is 4.52 Å². The molecule has 26 heavy (non-hydrogen) atoms. The normalized spacial score (nSPS) is 10.8. The molecule has 3 heterocycles. The summed E-state index contributed by atoms with van der Waals surface area (Å²) in [5.41, 5.74) is 1.79. The van der Waals surface area contributed by atoms with Crippen LogP contribution >= 0.6 is 0 Å². The number of carbonyl (C=O) groups excluding carboxylic acids is 1. The standard InChI is InChI=1S/C17H12N6O3/c24-14-7-10(5-6-18-14)16-22-15(26-23-16)9-20-17(25)13-8-19-11-3-1-2-4-12(11)21-13/h1-8H,9H2,(H,18,24)(H,20,25). The number of rotatable bonds is 4. The average molecular weight is 348 g/mol. The van der Waals surface area contributed by atoms with Crippen molar-refractivity contribution in [2.75, 3.05) is 0 Å². The van der Waals surface area contributed by atoms with Crippen LogP contribution in [0.5, 0.6) is 0 Å². The summed E-state index contributed by atoms with van der Waals surface area (Å²) in [6.07, 6.45) is 2.90. The third-order valence-electron chi connectivity index (χ3n) is 3.58. The van der Waals surface area contributed by atoms with E-state index in [1.807, 2.05) is 18.2 Å². The monoisotopic (exact) mass is 348 g/mol. The molecule has 3 aromatic heterocycles. The number of aromatic nitrogens is 5. The van der Waals surface area contributed by atoms with E-state index in [-0.39, 0.29) is 29.5 Å². The molecular formula is C17H12N6O3. The van der Waals surface area contributed by atoms with Gasteiger partial charge < -0.3 is 14.8 Å². The summed E-state index contributed by atoms with van der Waals surface area (Å²) < 4.78 is 5.09. The summed E-state index contributed by atoms with van der Waals surface area (Å²) in [4.78, 5) is 38.7. The molecule has 9 nitrogen and oxygen atoms in total. The minimum atomic E-state index is -0.404. The summed E-state index contributed by atoms with van der Waals surface area (Å²) in [7, 11) is 0. The van der Waals surface area contributed by atoms with Gasteiger partial charge in [0.25, 0.3) is 5.91 Å². The highest BCUT2D eigenvalue weighted by Gasteiger charge is 2.13. The summed E-state index contributed by atoms with van der Waals surface area (Å²) >= 11 is 0. The first-order valence-corrected chi connectivity index (χ1v) is 7.71. The van der Waals surface area contributed by atoms with Crippen molar-refractivity contribution in [3.8, 4) is 11.4 Å². The Balaban J connectivity index is 1.46. The van der Waals surface area contributed by atoms with Crippen molar-refractivity contribution in [1.82, 2.24) is 30.4 Å². The quantitative estimate of drug-likeness (QED) is 0.569. The van der Waals surface area contributed by atoms with Crippen LogP contribution in [-0.4, -0.2) is 31.0 Å². The number of nitrogens with one attached hydrogen (secondary N) is 2. The van der Waals surface area contributed by atoms with Gasteiger partial charge in [-0.15, -0.1) is 0 Å². The predicted molar refractivity (Wildman–Crippen MR) is 91.1 cm³/mol. The molecule has 0 aliphatic heterocycles. The molecule has 9 heteroatoms. The predicted octanol–water partition coefficient (Wildman–Crippen LogP) is 1.30. The Kier molecular flexibility index (Phi) is 3.94. The molecule has 4 aromatic rings. The first-order valence-electron chi connectivity index (χ1n) is 7.71. The number of H-pyrrole nitrogens is 1. The summed E-state index contributed by atoms with van der Waals surface area (Å²) in [6, 6.07) is 10.3.